The zero-order chi connectivity index (χ0) is 47.7. The molecule has 3 aromatic carbocycles. The number of hydrogen-bond donors (Lipinski definition) is 5. The van der Waals surface area contributed by atoms with Gasteiger partial charge in [-0.2, -0.15) is 5.26 Å². The third kappa shape index (κ3) is 12.1. The number of aliphatic hydroxyl groups excluding tert-OH is 1. The van der Waals surface area contributed by atoms with Gasteiger partial charge in [0.15, 0.2) is 23.2 Å². The lowest BCUT2D eigenvalue weighted by atomic mass is 9.86. The summed E-state index contributed by atoms with van der Waals surface area (Å²) in [5.74, 6) is -3.76. The summed E-state index contributed by atoms with van der Waals surface area (Å²) < 4.78 is 6.02. The number of likely N-dealkylation sites (N-methyl/N-ethyl adjacent to an activating group) is 1. The number of aryl methyl sites for hydroxylation is 2. The van der Waals surface area contributed by atoms with Crippen LogP contribution in [0.25, 0.3) is 22.5 Å². The molecule has 5 atom stereocenters. The van der Waals surface area contributed by atoms with Crippen LogP contribution < -0.4 is 21.5 Å². The first kappa shape index (κ1) is 49.7. The van der Waals surface area contributed by atoms with Gasteiger partial charge >= 0.3 is 0 Å². The highest BCUT2D eigenvalue weighted by molar-refractivity contribution is 6.01. The van der Waals surface area contributed by atoms with Crippen molar-refractivity contribution in [1.29, 1.82) is 5.26 Å². The quantitative estimate of drug-likeness (QED) is 0.0943. The highest BCUT2D eigenvalue weighted by atomic mass is 16.5. The summed E-state index contributed by atoms with van der Waals surface area (Å²) in [6, 6.07) is 16.3. The van der Waals surface area contributed by atoms with E-state index in [9.17, 15) is 39.4 Å². The first-order valence-corrected chi connectivity index (χ1v) is 21.9. The molecule has 4 aromatic rings. The Labute approximate surface area is 380 Å². The minimum Gasteiger partial charge on any atom is -0.507 e. The monoisotopic (exact) mass is 887 g/mol. The van der Waals surface area contributed by atoms with Crippen LogP contribution >= 0.6 is 0 Å². The van der Waals surface area contributed by atoms with Crippen LogP contribution in [0.3, 0.4) is 0 Å². The number of benzene rings is 3. The van der Waals surface area contributed by atoms with Gasteiger partial charge in [-0.1, -0.05) is 64.1 Å². The number of nitrogens with two attached hydrogens (primary N) is 2. The van der Waals surface area contributed by atoms with E-state index in [0.717, 1.165) is 11.1 Å². The standard InChI is InChI=1S/C50H61N7O8/c1-28-21-43(62)46(57(7)49(64)34(18-20-52)25-42(61)45-29(2)54-47(55-30(45)3)32-11-14-35(15-12-32)50(4,5)6)33-13-16-40(59)37(24-33)38-22-31(10-17-44(38)65-27-36(53)26-58)23-39(56-48(28)63)41(60)9-8-19-51/h10-17,22,24,28,34,36,39,46,58-59H,8-9,18,20-21,23,25-27,52-53H2,1-7H3,(H,56,63)/t28-,34-,36+,39+,46+/m1/s1. The summed E-state index contributed by atoms with van der Waals surface area (Å²) in [6.45, 7) is 11.0. The number of aliphatic hydroxyl groups is 1. The second-order valence-corrected chi connectivity index (χ2v) is 18.0. The molecule has 5 rings (SSSR count). The van der Waals surface area contributed by atoms with E-state index in [1.807, 2.05) is 30.3 Å². The lowest BCUT2D eigenvalue weighted by molar-refractivity contribution is -0.142. The molecule has 1 aliphatic rings. The van der Waals surface area contributed by atoms with E-state index < -0.39 is 47.6 Å². The van der Waals surface area contributed by atoms with Gasteiger partial charge in [-0.15, -0.1) is 0 Å². The van der Waals surface area contributed by atoms with Crippen molar-refractivity contribution < 1.29 is 38.9 Å². The lowest BCUT2D eigenvalue weighted by Crippen LogP contribution is -2.46. The van der Waals surface area contributed by atoms with E-state index in [4.69, 9.17) is 26.2 Å². The third-order valence-corrected chi connectivity index (χ3v) is 11.8. The zero-order valence-corrected chi connectivity index (χ0v) is 38.3. The number of amides is 2. The number of fused-ring (bicyclic) bond motifs is 5. The second kappa shape index (κ2) is 21.6. The maximum atomic E-state index is 14.7. The number of rotatable bonds is 15. The van der Waals surface area contributed by atoms with Crippen molar-refractivity contribution in [2.45, 2.75) is 104 Å². The second-order valence-electron chi connectivity index (χ2n) is 18.0. The molecule has 0 unspecified atom stereocenters. The molecular formula is C50H61N7O8. The summed E-state index contributed by atoms with van der Waals surface area (Å²) >= 11 is 0. The highest BCUT2D eigenvalue weighted by Gasteiger charge is 2.36. The van der Waals surface area contributed by atoms with Gasteiger partial charge in [0.05, 0.1) is 41.7 Å². The Morgan fingerprint density at radius 2 is 1.68 bits per heavy atom. The van der Waals surface area contributed by atoms with Crippen LogP contribution in [-0.2, 0) is 31.0 Å². The van der Waals surface area contributed by atoms with E-state index in [0.29, 0.717) is 39.5 Å². The SMILES string of the molecule is Cc1nc(-c2ccc(C(C)(C)C)cc2)nc(C)c1C(=O)C[C@@H](CCN)C(=O)N(C)[C@@H]1C(=O)C[C@@H](C)C(=O)N[C@H](C(=O)CCC#N)Cc2ccc(OC[C@@H](N)CO)c(c2)-c2cc1ccc2O. The summed E-state index contributed by atoms with van der Waals surface area (Å²) in [7, 11) is 1.45. The normalized spacial score (nSPS) is 17.5. The van der Waals surface area contributed by atoms with Gasteiger partial charge in [-0.05, 0) is 79.6 Å². The van der Waals surface area contributed by atoms with Crippen molar-refractivity contribution in [1.82, 2.24) is 20.2 Å². The minimum atomic E-state index is -1.31. The third-order valence-electron chi connectivity index (χ3n) is 11.8. The molecule has 0 spiro atoms. The molecule has 7 N–H and O–H groups in total. The molecule has 1 aliphatic heterocycles. The predicted octanol–water partition coefficient (Wildman–Crippen LogP) is 5.38. The summed E-state index contributed by atoms with van der Waals surface area (Å²) in [6.07, 6.45) is -0.635. The molecular weight excluding hydrogens is 827 g/mol. The number of carbonyl (C=O) groups is 5. The topological polar surface area (TPSA) is 252 Å². The number of Topliss-reactive ketones (excluding diaryl/α,β-unsaturated/α-hetero) is 3. The molecule has 2 heterocycles. The van der Waals surface area contributed by atoms with Crippen LogP contribution in [-0.4, -0.2) is 93.1 Å². The number of hydrogen-bond acceptors (Lipinski definition) is 13. The lowest BCUT2D eigenvalue weighted by Gasteiger charge is -2.32. The number of ether oxygens (including phenoxy) is 1. The molecule has 4 bridgehead atoms. The molecule has 15 heteroatoms. The Kier molecular flexibility index (Phi) is 16.5. The summed E-state index contributed by atoms with van der Waals surface area (Å²) in [5, 5.41) is 33.0. The number of nitrogens with one attached hydrogen (secondary N) is 1. The number of nitriles is 1. The zero-order valence-electron chi connectivity index (χ0n) is 38.3. The van der Waals surface area contributed by atoms with Crippen LogP contribution in [0.5, 0.6) is 11.5 Å². The van der Waals surface area contributed by atoms with Crippen LogP contribution in [0.1, 0.15) is 104 Å². The highest BCUT2D eigenvalue weighted by Crippen LogP contribution is 2.40. The van der Waals surface area contributed by atoms with Gasteiger partial charge in [-0.25, -0.2) is 9.97 Å². The Hall–Kier alpha value is -6.34. The predicted molar refractivity (Wildman–Crippen MR) is 246 cm³/mol. The number of phenolic OH excluding ortho intramolecular Hbond substituents is 1. The average molecular weight is 888 g/mol. The van der Waals surface area contributed by atoms with Crippen molar-refractivity contribution in [2.75, 3.05) is 26.8 Å². The van der Waals surface area contributed by atoms with E-state index >= 15 is 0 Å². The molecule has 0 saturated carbocycles. The fraction of sp³-hybridized carbons (Fsp3) is 0.440. The Morgan fingerprint density at radius 3 is 2.29 bits per heavy atom. The maximum Gasteiger partial charge on any atom is 0.226 e. The Bertz CT molecular complexity index is 2430. The fourth-order valence-electron chi connectivity index (χ4n) is 8.13. The van der Waals surface area contributed by atoms with Crippen molar-refractivity contribution in [3.8, 4) is 40.1 Å². The first-order chi connectivity index (χ1) is 30.8. The molecule has 15 nitrogen and oxygen atoms in total. The van der Waals surface area contributed by atoms with E-state index in [2.05, 4.69) is 26.1 Å². The first-order valence-electron chi connectivity index (χ1n) is 21.9. The van der Waals surface area contributed by atoms with Crippen LogP contribution in [0.4, 0.5) is 0 Å². The van der Waals surface area contributed by atoms with Gasteiger partial charge in [0, 0.05) is 61.3 Å². The molecule has 0 radical (unpaired) electrons. The Morgan fingerprint density at radius 1 is 1.00 bits per heavy atom. The van der Waals surface area contributed by atoms with Gasteiger partial charge < -0.3 is 36.6 Å². The maximum absolute atomic E-state index is 14.7. The largest absolute Gasteiger partial charge is 0.507 e. The van der Waals surface area contributed by atoms with E-state index in [1.54, 1.807) is 45.0 Å². The van der Waals surface area contributed by atoms with Gasteiger partial charge in [0.25, 0.3) is 0 Å². The molecule has 1 aromatic heterocycles. The molecule has 0 fully saturated rings. The number of aromatic nitrogens is 2. The number of phenols is 1. The Balaban J connectivity index is 1.54. The number of nitrogens with zero attached hydrogens (tertiary/aromatic N) is 4. The molecule has 0 saturated heterocycles. The minimum absolute atomic E-state index is 0.0302. The molecule has 2 amide bonds. The molecule has 344 valence electrons. The van der Waals surface area contributed by atoms with Crippen molar-refractivity contribution >= 4 is 29.2 Å². The molecule has 65 heavy (non-hydrogen) atoms. The van der Waals surface area contributed by atoms with Crippen LogP contribution in [0.2, 0.25) is 0 Å². The van der Waals surface area contributed by atoms with Crippen molar-refractivity contribution in [2.24, 2.45) is 23.3 Å². The average Bonchev–Trinajstić information content (AvgIpc) is 3.26. The van der Waals surface area contributed by atoms with Crippen LogP contribution in [0.15, 0.2) is 60.7 Å². The van der Waals surface area contributed by atoms with Gasteiger partial charge in [0.2, 0.25) is 11.8 Å². The number of aromatic hydroxyl groups is 1. The van der Waals surface area contributed by atoms with Gasteiger partial charge in [-0.3, -0.25) is 24.0 Å². The van der Waals surface area contributed by atoms with E-state index in [-0.39, 0.29) is 92.3 Å². The van der Waals surface area contributed by atoms with Crippen molar-refractivity contribution in [3.63, 3.8) is 0 Å². The number of carbonyl (C=O) groups excluding carboxylic acids is 5. The smallest absolute Gasteiger partial charge is 0.226 e. The van der Waals surface area contributed by atoms with E-state index in [1.165, 1.54) is 24.1 Å². The summed E-state index contributed by atoms with van der Waals surface area (Å²) in [4.78, 5) is 81.3. The molecule has 0 aliphatic carbocycles. The van der Waals surface area contributed by atoms with Crippen molar-refractivity contribution in [3.05, 3.63) is 94.3 Å². The van der Waals surface area contributed by atoms with Gasteiger partial charge in [0.1, 0.15) is 24.1 Å². The van der Waals surface area contributed by atoms with Crippen LogP contribution in [0, 0.1) is 37.0 Å². The summed E-state index contributed by atoms with van der Waals surface area (Å²) in [5.41, 5.74) is 16.6. The number of ketones is 3. The fourth-order valence-corrected chi connectivity index (χ4v) is 8.13.